The Balaban J connectivity index is 1.41. The molecule has 0 aliphatic carbocycles. The lowest BCUT2D eigenvalue weighted by Gasteiger charge is -2.13. The number of rotatable bonds is 4. The number of thiophene rings is 1. The van der Waals surface area contributed by atoms with Gasteiger partial charge in [-0.3, -0.25) is 0 Å². The molecule has 0 spiro atoms. The third-order valence-corrected chi connectivity index (χ3v) is 9.02. The van der Waals surface area contributed by atoms with E-state index in [1.54, 1.807) is 0 Å². The lowest BCUT2D eigenvalue weighted by Crippen LogP contribution is -1.87. The molecule has 2 aromatic heterocycles. The molecular formula is C38H24OS. The van der Waals surface area contributed by atoms with Crippen LogP contribution in [-0.2, 0) is 0 Å². The molecule has 2 heterocycles. The molecule has 6 aromatic carbocycles. The summed E-state index contributed by atoms with van der Waals surface area (Å²) in [6.45, 7) is 0. The first-order valence-electron chi connectivity index (χ1n) is 13.5. The largest absolute Gasteiger partial charge is 0.455 e. The summed E-state index contributed by atoms with van der Waals surface area (Å²) in [5.74, 6) is 0. The van der Waals surface area contributed by atoms with Gasteiger partial charge in [-0.1, -0.05) is 133 Å². The van der Waals surface area contributed by atoms with Gasteiger partial charge < -0.3 is 4.42 Å². The molecule has 40 heavy (non-hydrogen) atoms. The van der Waals surface area contributed by atoms with Gasteiger partial charge in [-0.2, -0.15) is 0 Å². The number of hydrogen-bond donors (Lipinski definition) is 0. The number of hydrogen-bond acceptors (Lipinski definition) is 2. The van der Waals surface area contributed by atoms with Crippen LogP contribution in [0.25, 0.3) is 75.8 Å². The Morgan fingerprint density at radius 2 is 1.00 bits per heavy atom. The van der Waals surface area contributed by atoms with Gasteiger partial charge in [0.25, 0.3) is 0 Å². The lowest BCUT2D eigenvalue weighted by molar-refractivity contribution is 0.670. The Bertz CT molecular complexity index is 2150. The molecule has 0 N–H and O–H groups in total. The fourth-order valence-corrected chi connectivity index (χ4v) is 7.15. The van der Waals surface area contributed by atoms with Gasteiger partial charge in [0.2, 0.25) is 0 Å². The van der Waals surface area contributed by atoms with Crippen molar-refractivity contribution in [2.75, 3.05) is 0 Å². The molecule has 0 aliphatic heterocycles. The van der Waals surface area contributed by atoms with E-state index in [0.717, 1.165) is 33.1 Å². The number of para-hydroxylation sites is 2. The molecule has 0 bridgehead atoms. The second-order valence-electron chi connectivity index (χ2n) is 10.1. The quantitative estimate of drug-likeness (QED) is 0.221. The average molecular weight is 529 g/mol. The van der Waals surface area contributed by atoms with Crippen molar-refractivity contribution in [1.29, 1.82) is 0 Å². The Morgan fingerprint density at radius 3 is 1.77 bits per heavy atom. The Kier molecular flexibility index (Phi) is 5.39. The standard InChI is InChI=1S/C38H24OS/c1-3-12-25(13-4-1)28-23-22-27(29-19-11-20-31-30-16-9-10-21-35(30)39-36(29)31)24-34(28)38-33-18-8-7-17-32(33)37(40-38)26-14-5-2-6-15-26/h1-24H. The van der Waals surface area contributed by atoms with Crippen LogP contribution in [0.1, 0.15) is 0 Å². The summed E-state index contributed by atoms with van der Waals surface area (Å²) >= 11 is 1.88. The van der Waals surface area contributed by atoms with Crippen LogP contribution in [0.3, 0.4) is 0 Å². The molecule has 1 nitrogen and oxygen atoms in total. The monoisotopic (exact) mass is 528 g/mol. The van der Waals surface area contributed by atoms with E-state index in [1.165, 1.54) is 42.8 Å². The van der Waals surface area contributed by atoms with Gasteiger partial charge in [-0.15, -0.1) is 11.3 Å². The van der Waals surface area contributed by atoms with Crippen LogP contribution in [0.2, 0.25) is 0 Å². The lowest BCUT2D eigenvalue weighted by atomic mass is 9.92. The summed E-state index contributed by atoms with van der Waals surface area (Å²) in [6.07, 6.45) is 0. The van der Waals surface area contributed by atoms with E-state index in [0.29, 0.717) is 0 Å². The van der Waals surface area contributed by atoms with E-state index in [-0.39, 0.29) is 0 Å². The second-order valence-corrected chi connectivity index (χ2v) is 11.1. The molecule has 8 rings (SSSR count). The second kappa shape index (κ2) is 9.37. The molecule has 188 valence electrons. The third kappa shape index (κ3) is 3.69. The summed E-state index contributed by atoms with van der Waals surface area (Å²) in [5, 5.41) is 4.87. The highest BCUT2D eigenvalue weighted by atomic mass is 32.1. The van der Waals surface area contributed by atoms with Crippen molar-refractivity contribution in [3.05, 3.63) is 146 Å². The van der Waals surface area contributed by atoms with Gasteiger partial charge in [0, 0.05) is 42.4 Å². The SMILES string of the molecule is c1ccc(-c2ccc(-c3cccc4c3oc3ccccc34)cc2-c2sc(-c3ccccc3)c3ccccc23)cc1. The number of benzene rings is 6. The summed E-state index contributed by atoms with van der Waals surface area (Å²) in [5.41, 5.74) is 9.04. The summed E-state index contributed by atoms with van der Waals surface area (Å²) in [4.78, 5) is 2.59. The van der Waals surface area contributed by atoms with Crippen LogP contribution in [0.4, 0.5) is 0 Å². The number of fused-ring (bicyclic) bond motifs is 4. The maximum absolute atomic E-state index is 6.43. The van der Waals surface area contributed by atoms with E-state index in [4.69, 9.17) is 4.42 Å². The first kappa shape index (κ1) is 23.0. The van der Waals surface area contributed by atoms with Crippen molar-refractivity contribution in [3.8, 4) is 43.1 Å². The zero-order chi connectivity index (χ0) is 26.5. The van der Waals surface area contributed by atoms with E-state index >= 15 is 0 Å². The Labute approximate surface area is 236 Å². The van der Waals surface area contributed by atoms with E-state index in [1.807, 2.05) is 23.5 Å². The predicted octanol–water partition coefficient (Wildman–Crippen LogP) is 11.5. The maximum Gasteiger partial charge on any atom is 0.143 e. The Morgan fingerprint density at radius 1 is 0.375 bits per heavy atom. The van der Waals surface area contributed by atoms with Crippen molar-refractivity contribution >= 4 is 44.0 Å². The molecule has 0 unspecified atom stereocenters. The first-order valence-corrected chi connectivity index (χ1v) is 14.3. The highest BCUT2D eigenvalue weighted by molar-refractivity contribution is 7.21. The molecule has 8 aromatic rings. The third-order valence-electron chi connectivity index (χ3n) is 7.72. The number of furan rings is 1. The normalized spacial score (nSPS) is 11.5. The van der Waals surface area contributed by atoms with E-state index < -0.39 is 0 Å². The summed E-state index contributed by atoms with van der Waals surface area (Å²) in [6, 6.07) is 51.9. The highest BCUT2D eigenvalue weighted by Crippen LogP contribution is 2.48. The fourth-order valence-electron chi connectivity index (χ4n) is 5.84. The maximum atomic E-state index is 6.43. The molecule has 0 saturated carbocycles. The summed E-state index contributed by atoms with van der Waals surface area (Å²) in [7, 11) is 0. The van der Waals surface area contributed by atoms with Crippen LogP contribution in [0, 0.1) is 0 Å². The van der Waals surface area contributed by atoms with Crippen molar-refractivity contribution in [2.45, 2.75) is 0 Å². The van der Waals surface area contributed by atoms with Crippen LogP contribution < -0.4 is 0 Å². The van der Waals surface area contributed by atoms with Gasteiger partial charge in [0.05, 0.1) is 0 Å². The van der Waals surface area contributed by atoms with Crippen LogP contribution >= 0.6 is 11.3 Å². The minimum absolute atomic E-state index is 0.919. The van der Waals surface area contributed by atoms with Gasteiger partial charge >= 0.3 is 0 Å². The molecule has 0 radical (unpaired) electrons. The van der Waals surface area contributed by atoms with E-state index in [2.05, 4.69) is 133 Å². The van der Waals surface area contributed by atoms with Gasteiger partial charge in [0.1, 0.15) is 11.2 Å². The average Bonchev–Trinajstić information content (AvgIpc) is 3.61. The fraction of sp³-hybridized carbons (Fsp3) is 0. The van der Waals surface area contributed by atoms with Crippen molar-refractivity contribution in [3.63, 3.8) is 0 Å². The van der Waals surface area contributed by atoms with Crippen molar-refractivity contribution < 1.29 is 4.42 Å². The van der Waals surface area contributed by atoms with Crippen LogP contribution in [0.15, 0.2) is 150 Å². The highest BCUT2D eigenvalue weighted by Gasteiger charge is 2.19. The van der Waals surface area contributed by atoms with Gasteiger partial charge in [-0.05, 0) is 34.4 Å². The molecule has 0 atom stereocenters. The zero-order valence-corrected chi connectivity index (χ0v) is 22.5. The first-order chi connectivity index (χ1) is 19.8. The van der Waals surface area contributed by atoms with Crippen LogP contribution in [0.5, 0.6) is 0 Å². The zero-order valence-electron chi connectivity index (χ0n) is 21.7. The smallest absolute Gasteiger partial charge is 0.143 e. The molecule has 0 saturated heterocycles. The van der Waals surface area contributed by atoms with E-state index in [9.17, 15) is 0 Å². The minimum Gasteiger partial charge on any atom is -0.455 e. The molecule has 2 heteroatoms. The molecule has 0 amide bonds. The van der Waals surface area contributed by atoms with Crippen LogP contribution in [-0.4, -0.2) is 0 Å². The van der Waals surface area contributed by atoms with Crippen molar-refractivity contribution in [2.24, 2.45) is 0 Å². The topological polar surface area (TPSA) is 13.1 Å². The van der Waals surface area contributed by atoms with Gasteiger partial charge in [0.15, 0.2) is 0 Å². The van der Waals surface area contributed by atoms with Gasteiger partial charge in [-0.25, -0.2) is 0 Å². The predicted molar refractivity (Wildman–Crippen MR) is 171 cm³/mol. The molecule has 0 fully saturated rings. The molecule has 0 aliphatic rings. The van der Waals surface area contributed by atoms with Crippen molar-refractivity contribution in [1.82, 2.24) is 0 Å². The summed E-state index contributed by atoms with van der Waals surface area (Å²) < 4.78 is 6.43. The Hall–Kier alpha value is -4.92. The molecular weight excluding hydrogens is 504 g/mol. The minimum atomic E-state index is 0.919.